The number of para-hydroxylation sites is 2. The molecule has 4 aromatic carbocycles. The summed E-state index contributed by atoms with van der Waals surface area (Å²) in [5.41, 5.74) is 4.68. The van der Waals surface area contributed by atoms with Crippen molar-refractivity contribution in [2.24, 2.45) is 0 Å². The van der Waals surface area contributed by atoms with Crippen LogP contribution in [0.5, 0.6) is 0 Å². The van der Waals surface area contributed by atoms with E-state index in [2.05, 4.69) is 34.3 Å². The molecule has 2 atom stereocenters. The third-order valence-electron chi connectivity index (χ3n) is 12.6. The van der Waals surface area contributed by atoms with Crippen LogP contribution in [0.2, 0.25) is 0 Å². The zero-order chi connectivity index (χ0) is 45.6. The smallest absolute Gasteiger partial charge is 0.744 e. The summed E-state index contributed by atoms with van der Waals surface area (Å²) in [5, 5.41) is 6.94. The van der Waals surface area contributed by atoms with Crippen LogP contribution >= 0.6 is 0 Å². The fourth-order valence-corrected chi connectivity index (χ4v) is 10.6. The molecule has 0 saturated heterocycles. The molecule has 0 radical (unpaired) electrons. The second-order valence-corrected chi connectivity index (χ2v) is 20.4. The van der Waals surface area contributed by atoms with Crippen LogP contribution < -0.4 is 20.4 Å². The summed E-state index contributed by atoms with van der Waals surface area (Å²) in [7, 11) is -9.10. The Morgan fingerprint density at radius 3 is 1.05 bits per heavy atom. The maximum absolute atomic E-state index is 11.9. The summed E-state index contributed by atoms with van der Waals surface area (Å²) in [6, 6.07) is 29.8. The van der Waals surface area contributed by atoms with E-state index in [-0.39, 0.29) is 59.9 Å². The molecule has 0 saturated carbocycles. The minimum absolute atomic E-state index is 0. The Bertz CT molecular complexity index is 2030. The first kappa shape index (κ1) is 54.8. The maximum atomic E-state index is 11.9. The third kappa shape index (κ3) is 18.0. The van der Waals surface area contributed by atoms with Gasteiger partial charge in [-0.05, 0) is 61.1 Å². The van der Waals surface area contributed by atoms with Crippen LogP contribution in [0.15, 0.2) is 107 Å². The molecule has 0 aliphatic carbocycles. The fraction of sp³-hybridized carbons (Fsp3) is 0.538. The number of fused-ring (bicyclic) bond motifs is 2. The molecule has 0 bridgehead atoms. The molecule has 2 aliphatic heterocycles. The molecule has 2 N–H and O–H groups in total. The van der Waals surface area contributed by atoms with Crippen LogP contribution in [-0.4, -0.2) is 76.0 Å². The number of benzene rings is 4. The van der Waals surface area contributed by atoms with Crippen molar-refractivity contribution >= 4 is 80.7 Å². The summed E-state index contributed by atoms with van der Waals surface area (Å²) in [6.45, 7) is 5.63. The average molecular weight is 955 g/mol. The van der Waals surface area contributed by atoms with E-state index in [0.717, 1.165) is 48.2 Å². The first-order valence-corrected chi connectivity index (χ1v) is 27.1. The Hall–Kier alpha value is -2.84. The van der Waals surface area contributed by atoms with Crippen LogP contribution in [0.25, 0.3) is 0 Å². The van der Waals surface area contributed by atoms with Gasteiger partial charge in [0.25, 0.3) is 0 Å². The molecule has 4 aromatic rings. The number of hydrogen-bond acceptors (Lipinski definition) is 10. The number of rotatable bonds is 28. The zero-order valence-electron chi connectivity index (χ0n) is 39.2. The normalized spacial score (nSPS) is 15.3. The van der Waals surface area contributed by atoms with Gasteiger partial charge < -0.3 is 29.5 Å². The van der Waals surface area contributed by atoms with Crippen molar-refractivity contribution in [3.8, 4) is 0 Å². The van der Waals surface area contributed by atoms with Gasteiger partial charge in [-0.1, -0.05) is 202 Å². The quantitative estimate of drug-likeness (QED) is 0.0321. The summed E-state index contributed by atoms with van der Waals surface area (Å²) in [6.07, 6.45) is 27.4. The third-order valence-corrected chi connectivity index (χ3v) is 14.3. The van der Waals surface area contributed by atoms with E-state index < -0.39 is 20.2 Å². The Balaban J connectivity index is 0.000000280. The minimum atomic E-state index is -4.55. The van der Waals surface area contributed by atoms with Gasteiger partial charge in [0.2, 0.25) is 0 Å². The standard InChI is InChI=1S/2C26H38N2O3S.Ca/c2*1-2-3-4-5-6-7-8-9-10-14-20-25-27-23-18-15-19-24(32(29,30)31)26(23)28(25)21-22-16-12-11-13-17-22;/h2*11-13,15-19,25,27H,2-10,14,20-21H2,1H3,(H,29,30,31);/q;;+2/p-2. The largest absolute Gasteiger partial charge is 2.00 e. The van der Waals surface area contributed by atoms with Gasteiger partial charge >= 0.3 is 37.7 Å². The molecule has 352 valence electrons. The Morgan fingerprint density at radius 1 is 0.431 bits per heavy atom. The molecule has 2 heterocycles. The maximum Gasteiger partial charge on any atom is 2.00 e. The van der Waals surface area contributed by atoms with E-state index in [0.29, 0.717) is 24.5 Å². The number of unbranched alkanes of at least 4 members (excludes halogenated alkanes) is 18. The first-order chi connectivity index (χ1) is 31.0. The second kappa shape index (κ2) is 29.1. The predicted molar refractivity (Wildman–Crippen MR) is 268 cm³/mol. The van der Waals surface area contributed by atoms with E-state index in [9.17, 15) is 25.9 Å². The molecule has 0 amide bonds. The van der Waals surface area contributed by atoms with Crippen molar-refractivity contribution in [3.05, 3.63) is 108 Å². The second-order valence-electron chi connectivity index (χ2n) is 17.7. The van der Waals surface area contributed by atoms with Gasteiger partial charge in [0, 0.05) is 13.1 Å². The van der Waals surface area contributed by atoms with Gasteiger partial charge in [-0.3, -0.25) is 0 Å². The number of hydrogen-bond donors (Lipinski definition) is 2. The minimum Gasteiger partial charge on any atom is -0.744 e. The molecule has 0 aromatic heterocycles. The summed E-state index contributed by atoms with van der Waals surface area (Å²) < 4.78 is 71.6. The summed E-state index contributed by atoms with van der Waals surface area (Å²) in [4.78, 5) is 3.85. The van der Waals surface area contributed by atoms with E-state index >= 15 is 0 Å². The van der Waals surface area contributed by atoms with E-state index in [1.165, 1.54) is 128 Å². The molecular formula is C52H74CaN4O6S2. The Kier molecular flexibility index (Phi) is 24.5. The van der Waals surface area contributed by atoms with Gasteiger partial charge in [0.05, 0.1) is 44.9 Å². The molecular weight excluding hydrogens is 881 g/mol. The van der Waals surface area contributed by atoms with Crippen molar-refractivity contribution in [3.63, 3.8) is 0 Å². The van der Waals surface area contributed by atoms with E-state index in [1.807, 2.05) is 72.8 Å². The first-order valence-electron chi connectivity index (χ1n) is 24.3. The van der Waals surface area contributed by atoms with Gasteiger partial charge in [0.1, 0.15) is 20.2 Å². The predicted octanol–water partition coefficient (Wildman–Crippen LogP) is 12.9. The van der Waals surface area contributed by atoms with Gasteiger partial charge in [0.15, 0.2) is 0 Å². The molecule has 10 nitrogen and oxygen atoms in total. The molecule has 65 heavy (non-hydrogen) atoms. The summed E-state index contributed by atoms with van der Waals surface area (Å²) in [5.74, 6) is 0. The zero-order valence-corrected chi connectivity index (χ0v) is 43.1. The van der Waals surface area contributed by atoms with Crippen LogP contribution in [-0.2, 0) is 33.3 Å². The SMILES string of the molecule is CCCCCCCCCCCCC1Nc2cccc(S(=O)(=O)[O-])c2N1Cc1ccccc1.CCCCCCCCCCCCC1Nc2cccc(S(=O)(=O)[O-])c2N1Cc1ccccc1.[Ca+2]. The van der Waals surface area contributed by atoms with Gasteiger partial charge in [-0.2, -0.15) is 0 Å². The molecule has 6 rings (SSSR count). The molecule has 13 heteroatoms. The molecule has 2 unspecified atom stereocenters. The molecule has 0 fully saturated rings. The summed E-state index contributed by atoms with van der Waals surface area (Å²) >= 11 is 0. The van der Waals surface area contributed by atoms with Crippen LogP contribution in [0.4, 0.5) is 22.7 Å². The Labute approximate surface area is 422 Å². The van der Waals surface area contributed by atoms with Crippen LogP contribution in [0, 0.1) is 0 Å². The van der Waals surface area contributed by atoms with Crippen molar-refractivity contribution in [2.45, 2.75) is 190 Å². The number of nitrogens with one attached hydrogen (secondary N) is 2. The average Bonchev–Trinajstić information content (AvgIpc) is 3.81. The van der Waals surface area contributed by atoms with Crippen molar-refractivity contribution in [1.82, 2.24) is 0 Å². The van der Waals surface area contributed by atoms with E-state index in [1.54, 1.807) is 12.1 Å². The van der Waals surface area contributed by atoms with E-state index in [4.69, 9.17) is 0 Å². The van der Waals surface area contributed by atoms with Crippen LogP contribution in [0.1, 0.15) is 166 Å². The monoisotopic (exact) mass is 954 g/mol. The van der Waals surface area contributed by atoms with Crippen molar-refractivity contribution in [2.75, 3.05) is 20.4 Å². The van der Waals surface area contributed by atoms with Crippen molar-refractivity contribution < 1.29 is 25.9 Å². The van der Waals surface area contributed by atoms with Gasteiger partial charge in [-0.15, -0.1) is 0 Å². The molecule has 0 spiro atoms. The van der Waals surface area contributed by atoms with Crippen LogP contribution in [0.3, 0.4) is 0 Å². The molecule has 2 aliphatic rings. The topological polar surface area (TPSA) is 145 Å². The number of nitrogens with zero attached hydrogens (tertiary/aromatic N) is 2. The van der Waals surface area contributed by atoms with Crippen molar-refractivity contribution in [1.29, 1.82) is 0 Å². The number of anilines is 4. The fourth-order valence-electron chi connectivity index (χ4n) is 9.15. The Morgan fingerprint density at radius 2 is 0.738 bits per heavy atom. The van der Waals surface area contributed by atoms with Gasteiger partial charge in [-0.25, -0.2) is 16.8 Å².